The molecule has 0 bridgehead atoms. The van der Waals surface area contributed by atoms with Gasteiger partial charge in [-0.05, 0) is 5.56 Å². The van der Waals surface area contributed by atoms with E-state index in [2.05, 4.69) is 6.58 Å². The van der Waals surface area contributed by atoms with E-state index in [-0.39, 0.29) is 5.56 Å². The van der Waals surface area contributed by atoms with Crippen LogP contribution in [0, 0.1) is 0 Å². The van der Waals surface area contributed by atoms with Crippen LogP contribution < -0.4 is 0 Å². The normalized spacial score (nSPS) is 15.6. The van der Waals surface area contributed by atoms with E-state index in [0.29, 0.717) is 0 Å². The number of hydrogen-bond acceptors (Lipinski definition) is 2. The smallest absolute Gasteiger partial charge is 0.275 e. The predicted octanol–water partition coefficient (Wildman–Crippen LogP) is 2.14. The summed E-state index contributed by atoms with van der Waals surface area (Å²) in [7, 11) is -4.48. The first-order chi connectivity index (χ1) is 6.96. The Morgan fingerprint density at radius 1 is 1.33 bits per heavy atom. The van der Waals surface area contributed by atoms with Gasteiger partial charge >= 0.3 is 0 Å². The van der Waals surface area contributed by atoms with E-state index >= 15 is 0 Å². The second-order valence-corrected chi connectivity index (χ2v) is 4.56. The predicted molar refractivity (Wildman–Crippen MR) is 55.8 cm³/mol. The van der Waals surface area contributed by atoms with Crippen molar-refractivity contribution in [3.05, 3.63) is 48.6 Å². The van der Waals surface area contributed by atoms with Gasteiger partial charge in [0.05, 0.1) is 0 Å². The Hall–Kier alpha value is -1.20. The molecular formula is C10H11FO3S. The Balaban J connectivity index is 3.20. The van der Waals surface area contributed by atoms with Gasteiger partial charge in [0.2, 0.25) is 0 Å². The van der Waals surface area contributed by atoms with E-state index in [0.717, 1.165) is 6.08 Å². The highest BCUT2D eigenvalue weighted by Crippen LogP contribution is 2.27. The zero-order valence-electron chi connectivity index (χ0n) is 7.88. The molecule has 1 rings (SSSR count). The van der Waals surface area contributed by atoms with Crippen molar-refractivity contribution in [3.8, 4) is 0 Å². The topological polar surface area (TPSA) is 54.4 Å². The van der Waals surface area contributed by atoms with E-state index in [1.54, 1.807) is 18.2 Å². The van der Waals surface area contributed by atoms with Crippen molar-refractivity contribution in [1.82, 2.24) is 0 Å². The van der Waals surface area contributed by atoms with Gasteiger partial charge in [0.15, 0.2) is 0 Å². The van der Waals surface area contributed by atoms with Crippen LogP contribution in [0.4, 0.5) is 4.39 Å². The summed E-state index contributed by atoms with van der Waals surface area (Å²) in [5.74, 6) is 0. The molecule has 0 aromatic heterocycles. The summed E-state index contributed by atoms with van der Waals surface area (Å²) < 4.78 is 44.2. The molecule has 1 aromatic carbocycles. The molecule has 0 saturated carbocycles. The van der Waals surface area contributed by atoms with Crippen LogP contribution in [0.15, 0.2) is 43.0 Å². The van der Waals surface area contributed by atoms with Crippen LogP contribution >= 0.6 is 0 Å². The fourth-order valence-electron chi connectivity index (χ4n) is 1.29. The minimum absolute atomic E-state index is 0.201. The molecule has 1 N–H and O–H groups in total. The first-order valence-corrected chi connectivity index (χ1v) is 5.75. The van der Waals surface area contributed by atoms with Gasteiger partial charge in [-0.25, -0.2) is 4.39 Å². The third-order valence-corrected chi connectivity index (χ3v) is 3.14. The van der Waals surface area contributed by atoms with Crippen molar-refractivity contribution in [2.75, 3.05) is 0 Å². The van der Waals surface area contributed by atoms with Gasteiger partial charge in [-0.2, -0.15) is 8.42 Å². The summed E-state index contributed by atoms with van der Waals surface area (Å²) in [5.41, 5.74) is 0.201. The van der Waals surface area contributed by atoms with Crippen molar-refractivity contribution in [1.29, 1.82) is 0 Å². The molecule has 2 unspecified atom stereocenters. The Morgan fingerprint density at radius 2 is 1.87 bits per heavy atom. The molecule has 82 valence electrons. The minimum atomic E-state index is -4.48. The summed E-state index contributed by atoms with van der Waals surface area (Å²) in [6.07, 6.45) is -0.978. The number of rotatable bonds is 4. The number of benzene rings is 1. The highest BCUT2D eigenvalue weighted by atomic mass is 32.2. The monoisotopic (exact) mass is 230 g/mol. The maximum Gasteiger partial charge on any atom is 0.275 e. The van der Waals surface area contributed by atoms with Crippen LogP contribution in [0.3, 0.4) is 0 Å². The average molecular weight is 230 g/mol. The van der Waals surface area contributed by atoms with Gasteiger partial charge in [0, 0.05) is 0 Å². The van der Waals surface area contributed by atoms with Crippen molar-refractivity contribution in [3.63, 3.8) is 0 Å². The van der Waals surface area contributed by atoms with Crippen LogP contribution in [0.5, 0.6) is 0 Å². The van der Waals surface area contributed by atoms with Crippen molar-refractivity contribution >= 4 is 10.1 Å². The van der Waals surface area contributed by atoms with Crippen LogP contribution in [0.25, 0.3) is 0 Å². The molecule has 0 aliphatic rings. The Morgan fingerprint density at radius 3 is 2.27 bits per heavy atom. The second kappa shape index (κ2) is 4.55. The number of alkyl halides is 1. The Kier molecular flexibility index (Phi) is 3.60. The van der Waals surface area contributed by atoms with Crippen molar-refractivity contribution in [2.45, 2.75) is 11.4 Å². The molecule has 0 spiro atoms. The molecule has 0 heterocycles. The van der Waals surface area contributed by atoms with E-state index in [4.69, 9.17) is 4.55 Å². The van der Waals surface area contributed by atoms with E-state index in [1.165, 1.54) is 12.1 Å². The van der Waals surface area contributed by atoms with Crippen LogP contribution in [0.2, 0.25) is 0 Å². The third-order valence-electron chi connectivity index (χ3n) is 1.96. The third kappa shape index (κ3) is 2.87. The lowest BCUT2D eigenvalue weighted by atomic mass is 10.1. The molecule has 1 aromatic rings. The minimum Gasteiger partial charge on any atom is -0.285 e. The van der Waals surface area contributed by atoms with E-state index < -0.39 is 21.5 Å². The summed E-state index contributed by atoms with van der Waals surface area (Å²) >= 11 is 0. The maximum atomic E-state index is 13.3. The highest BCUT2D eigenvalue weighted by molar-refractivity contribution is 7.86. The molecule has 0 fully saturated rings. The average Bonchev–Trinajstić information content (AvgIpc) is 2.17. The van der Waals surface area contributed by atoms with Gasteiger partial charge in [0.25, 0.3) is 10.1 Å². The van der Waals surface area contributed by atoms with Crippen molar-refractivity contribution in [2.24, 2.45) is 0 Å². The first kappa shape index (κ1) is 11.9. The zero-order chi connectivity index (χ0) is 11.5. The van der Waals surface area contributed by atoms with Gasteiger partial charge in [-0.3, -0.25) is 4.55 Å². The molecule has 2 atom stereocenters. The fourth-order valence-corrected chi connectivity index (χ4v) is 2.23. The lowest BCUT2D eigenvalue weighted by Crippen LogP contribution is -2.21. The molecule has 0 radical (unpaired) electrons. The van der Waals surface area contributed by atoms with Crippen LogP contribution in [-0.2, 0) is 10.1 Å². The molecular weight excluding hydrogens is 219 g/mol. The molecule has 15 heavy (non-hydrogen) atoms. The van der Waals surface area contributed by atoms with E-state index in [1.807, 2.05) is 0 Å². The van der Waals surface area contributed by atoms with Crippen molar-refractivity contribution < 1.29 is 17.4 Å². The molecule has 3 nitrogen and oxygen atoms in total. The summed E-state index contributed by atoms with van der Waals surface area (Å²) in [5, 5.41) is -1.60. The van der Waals surface area contributed by atoms with E-state index in [9.17, 15) is 12.8 Å². The molecule has 0 aliphatic carbocycles. The fraction of sp³-hybridized carbons (Fsp3) is 0.200. The van der Waals surface area contributed by atoms with Gasteiger partial charge in [-0.15, -0.1) is 6.58 Å². The molecule has 5 heteroatoms. The standard InChI is InChI=1S/C10H11FO3S/c1-2-9(11)10(15(12,13)14)8-6-4-3-5-7-8/h2-7,9-10H,1H2,(H,12,13,14). The second-order valence-electron chi connectivity index (χ2n) is 3.03. The van der Waals surface area contributed by atoms with Gasteiger partial charge in [-0.1, -0.05) is 36.4 Å². The number of hydrogen-bond donors (Lipinski definition) is 1. The summed E-state index contributed by atoms with van der Waals surface area (Å²) in [4.78, 5) is 0. The quantitative estimate of drug-likeness (QED) is 0.637. The lowest BCUT2D eigenvalue weighted by molar-refractivity contribution is 0.363. The van der Waals surface area contributed by atoms with Gasteiger partial charge in [0.1, 0.15) is 11.4 Å². The number of allylic oxidation sites excluding steroid dienone is 1. The SMILES string of the molecule is C=CC(F)C(c1ccccc1)S(=O)(=O)O. The Labute approximate surface area is 88.0 Å². The maximum absolute atomic E-state index is 13.3. The highest BCUT2D eigenvalue weighted by Gasteiger charge is 2.31. The molecule has 0 saturated heterocycles. The van der Waals surface area contributed by atoms with Gasteiger partial charge < -0.3 is 0 Å². The van der Waals surface area contributed by atoms with Crippen LogP contribution in [0.1, 0.15) is 10.8 Å². The Bertz CT molecular complexity index is 427. The molecule has 0 aliphatic heterocycles. The lowest BCUT2D eigenvalue weighted by Gasteiger charge is -2.15. The number of halogens is 1. The molecule has 0 amide bonds. The largest absolute Gasteiger partial charge is 0.285 e. The summed E-state index contributed by atoms with van der Waals surface area (Å²) in [6, 6.07) is 7.70. The van der Waals surface area contributed by atoms with Crippen LogP contribution in [-0.4, -0.2) is 19.1 Å². The summed E-state index contributed by atoms with van der Waals surface area (Å²) in [6.45, 7) is 3.17. The zero-order valence-corrected chi connectivity index (χ0v) is 8.69. The first-order valence-electron chi connectivity index (χ1n) is 4.24.